The molecule has 7 nitrogen and oxygen atoms in total. The van der Waals surface area contributed by atoms with E-state index in [0.29, 0.717) is 12.6 Å². The first-order chi connectivity index (χ1) is 13.9. The van der Waals surface area contributed by atoms with E-state index in [-0.39, 0.29) is 29.4 Å². The summed E-state index contributed by atoms with van der Waals surface area (Å²) in [7, 11) is 2.00. The van der Waals surface area contributed by atoms with Gasteiger partial charge in [0.05, 0.1) is 0 Å². The van der Waals surface area contributed by atoms with Crippen LogP contribution in [0.3, 0.4) is 0 Å². The maximum Gasteiger partial charge on any atom is 0.191 e. The Morgan fingerprint density at radius 3 is 2.50 bits per heavy atom. The van der Waals surface area contributed by atoms with Crippen molar-refractivity contribution in [1.29, 1.82) is 0 Å². The summed E-state index contributed by atoms with van der Waals surface area (Å²) < 4.78 is 2.01. The molecule has 8 heteroatoms. The Morgan fingerprint density at radius 2 is 1.87 bits per heavy atom. The summed E-state index contributed by atoms with van der Waals surface area (Å²) >= 11 is 0. The second kappa shape index (κ2) is 11.6. The highest BCUT2D eigenvalue weighted by atomic mass is 127. The number of nitrogens with one attached hydrogen (secondary N) is 2. The number of rotatable bonds is 8. The van der Waals surface area contributed by atoms with Crippen LogP contribution in [0, 0.1) is 18.3 Å². The van der Waals surface area contributed by atoms with E-state index in [4.69, 9.17) is 4.99 Å². The predicted octanol–water partition coefficient (Wildman–Crippen LogP) is 3.48. The molecule has 1 aliphatic heterocycles. The molecular formula is C22H42IN7. The summed E-state index contributed by atoms with van der Waals surface area (Å²) in [5.74, 6) is 3.53. The molecule has 1 saturated carbocycles. The lowest BCUT2D eigenvalue weighted by atomic mass is 9.78. The normalized spacial score (nSPS) is 21.1. The van der Waals surface area contributed by atoms with Crippen molar-refractivity contribution in [2.24, 2.45) is 23.4 Å². The van der Waals surface area contributed by atoms with Crippen LogP contribution in [0.15, 0.2) is 4.99 Å². The topological polar surface area (TPSA) is 70.4 Å². The van der Waals surface area contributed by atoms with Gasteiger partial charge in [-0.3, -0.25) is 4.90 Å². The Morgan fingerprint density at radius 1 is 1.13 bits per heavy atom. The van der Waals surface area contributed by atoms with Crippen LogP contribution in [0.2, 0.25) is 0 Å². The van der Waals surface area contributed by atoms with E-state index in [9.17, 15) is 0 Å². The van der Waals surface area contributed by atoms with Gasteiger partial charge in [-0.2, -0.15) is 0 Å². The van der Waals surface area contributed by atoms with Crippen molar-refractivity contribution >= 4 is 29.9 Å². The summed E-state index contributed by atoms with van der Waals surface area (Å²) in [6.45, 7) is 13.8. The van der Waals surface area contributed by atoms with Crippen LogP contribution >= 0.6 is 24.0 Å². The number of hydrogen-bond donors (Lipinski definition) is 2. The zero-order chi connectivity index (χ0) is 20.9. The highest BCUT2D eigenvalue weighted by molar-refractivity contribution is 14.0. The molecule has 172 valence electrons. The van der Waals surface area contributed by atoms with E-state index in [1.54, 1.807) is 0 Å². The second-order valence-electron chi connectivity index (χ2n) is 9.52. The van der Waals surface area contributed by atoms with Crippen LogP contribution < -0.4 is 10.6 Å². The molecule has 0 spiro atoms. The first-order valence-electron chi connectivity index (χ1n) is 11.5. The summed E-state index contributed by atoms with van der Waals surface area (Å²) in [6, 6.07) is 0.604. The molecule has 2 aliphatic rings. The van der Waals surface area contributed by atoms with E-state index in [2.05, 4.69) is 46.5 Å². The Balaban J connectivity index is 0.00000320. The molecule has 0 radical (unpaired) electrons. The fraction of sp³-hybridized carbons (Fsp3) is 0.864. The van der Waals surface area contributed by atoms with Gasteiger partial charge in [-0.25, -0.2) is 4.99 Å². The zero-order valence-electron chi connectivity index (χ0n) is 19.6. The molecule has 1 saturated heterocycles. The summed E-state index contributed by atoms with van der Waals surface area (Å²) in [6.07, 6.45) is 8.05. The molecule has 2 fully saturated rings. The number of guanidine groups is 1. The van der Waals surface area contributed by atoms with Crippen molar-refractivity contribution in [2.45, 2.75) is 78.8 Å². The van der Waals surface area contributed by atoms with E-state index in [1.165, 1.54) is 45.1 Å². The minimum Gasteiger partial charge on any atom is -0.356 e. The van der Waals surface area contributed by atoms with Gasteiger partial charge in [0.1, 0.15) is 12.4 Å². The zero-order valence-corrected chi connectivity index (χ0v) is 21.9. The van der Waals surface area contributed by atoms with Crippen LogP contribution in [-0.4, -0.2) is 57.8 Å². The lowest BCUT2D eigenvalue weighted by Gasteiger charge is -2.33. The van der Waals surface area contributed by atoms with Gasteiger partial charge in [-0.05, 0) is 57.0 Å². The Hall–Kier alpha value is -0.900. The van der Waals surface area contributed by atoms with Crippen LogP contribution in [0.5, 0.6) is 0 Å². The van der Waals surface area contributed by atoms with Crippen molar-refractivity contribution in [3.05, 3.63) is 11.6 Å². The molecule has 30 heavy (non-hydrogen) atoms. The third-order valence-electron chi connectivity index (χ3n) is 7.14. The van der Waals surface area contributed by atoms with E-state index >= 15 is 0 Å². The van der Waals surface area contributed by atoms with Gasteiger partial charge >= 0.3 is 0 Å². The Bertz CT molecular complexity index is 679. The smallest absolute Gasteiger partial charge is 0.191 e. The quantitative estimate of drug-likeness (QED) is 0.306. The third kappa shape index (κ3) is 6.55. The number of likely N-dealkylation sites (N-methyl/N-ethyl adjacent to an activating group) is 1. The second-order valence-corrected chi connectivity index (χ2v) is 9.52. The molecule has 0 amide bonds. The minimum atomic E-state index is 0. The number of halogens is 1. The van der Waals surface area contributed by atoms with Gasteiger partial charge in [0.25, 0.3) is 0 Å². The van der Waals surface area contributed by atoms with Crippen LogP contribution in [0.4, 0.5) is 0 Å². The van der Waals surface area contributed by atoms with Crippen molar-refractivity contribution in [1.82, 2.24) is 30.3 Å². The molecule has 1 aromatic rings. The number of hydrogen-bond acceptors (Lipinski definition) is 4. The number of nitrogens with zero attached hydrogens (tertiary/aromatic N) is 5. The monoisotopic (exact) mass is 531 g/mol. The largest absolute Gasteiger partial charge is 0.356 e. The molecule has 2 N–H and O–H groups in total. The van der Waals surface area contributed by atoms with Crippen LogP contribution in [-0.2, 0) is 13.6 Å². The SMILES string of the molecule is CCN1CCCC1CNC(=NCc1nnc(C)n1C)NCC(C)(C)C1CCCC1.I. The first-order valence-corrected chi connectivity index (χ1v) is 11.5. The Kier molecular flexibility index (Phi) is 9.84. The van der Waals surface area contributed by atoms with Gasteiger partial charge in [0.15, 0.2) is 11.8 Å². The maximum atomic E-state index is 4.86. The minimum absolute atomic E-state index is 0. The number of likely N-dealkylation sites (tertiary alicyclic amines) is 1. The van der Waals surface area contributed by atoms with Crippen molar-refractivity contribution in [3.8, 4) is 0 Å². The van der Waals surface area contributed by atoms with Gasteiger partial charge in [0, 0.05) is 26.2 Å². The van der Waals surface area contributed by atoms with Crippen molar-refractivity contribution < 1.29 is 0 Å². The number of aliphatic imine (C=N–C) groups is 1. The van der Waals surface area contributed by atoms with Crippen LogP contribution in [0.25, 0.3) is 0 Å². The molecule has 3 rings (SSSR count). The van der Waals surface area contributed by atoms with Gasteiger partial charge < -0.3 is 15.2 Å². The molecule has 0 aromatic carbocycles. The predicted molar refractivity (Wildman–Crippen MR) is 134 cm³/mol. The maximum absolute atomic E-state index is 4.86. The fourth-order valence-corrected chi connectivity index (χ4v) is 4.83. The molecule has 1 unspecified atom stereocenters. The Labute approximate surface area is 199 Å². The standard InChI is InChI=1S/C22H41N7.HI/c1-6-29-13-9-12-19(29)14-23-21(24-15-20-27-26-17(2)28(20)5)25-16-22(3,4)18-10-7-8-11-18;/h18-19H,6-16H2,1-5H3,(H2,23,24,25);1H. The lowest BCUT2D eigenvalue weighted by molar-refractivity contribution is 0.217. The van der Waals surface area contributed by atoms with E-state index < -0.39 is 0 Å². The summed E-state index contributed by atoms with van der Waals surface area (Å²) in [5, 5.41) is 15.7. The van der Waals surface area contributed by atoms with Gasteiger partial charge in [0.2, 0.25) is 0 Å². The highest BCUT2D eigenvalue weighted by Gasteiger charge is 2.32. The molecule has 1 atom stereocenters. The van der Waals surface area contributed by atoms with Crippen molar-refractivity contribution in [2.75, 3.05) is 26.2 Å². The van der Waals surface area contributed by atoms with E-state index in [1.807, 2.05) is 18.5 Å². The first kappa shape index (κ1) is 25.4. The average Bonchev–Trinajstić information content (AvgIpc) is 3.45. The average molecular weight is 532 g/mol. The van der Waals surface area contributed by atoms with Gasteiger partial charge in [-0.15, -0.1) is 34.2 Å². The molecule has 0 bridgehead atoms. The summed E-state index contributed by atoms with van der Waals surface area (Å²) in [4.78, 5) is 7.43. The van der Waals surface area contributed by atoms with Crippen LogP contribution in [0.1, 0.15) is 70.9 Å². The highest BCUT2D eigenvalue weighted by Crippen LogP contribution is 2.38. The molecule has 2 heterocycles. The van der Waals surface area contributed by atoms with E-state index in [0.717, 1.165) is 43.2 Å². The molecular weight excluding hydrogens is 489 g/mol. The number of aromatic nitrogens is 3. The summed E-state index contributed by atoms with van der Waals surface area (Å²) in [5.41, 5.74) is 0.281. The molecule has 1 aromatic heterocycles. The lowest BCUT2D eigenvalue weighted by Crippen LogP contribution is -2.47. The molecule has 1 aliphatic carbocycles. The fourth-order valence-electron chi connectivity index (χ4n) is 4.83. The number of aryl methyl sites for hydroxylation is 1. The third-order valence-corrected chi connectivity index (χ3v) is 7.14. The van der Waals surface area contributed by atoms with Crippen molar-refractivity contribution in [3.63, 3.8) is 0 Å². The van der Waals surface area contributed by atoms with Gasteiger partial charge in [-0.1, -0.05) is 33.6 Å².